The molecule has 1 aliphatic heterocycles. The van der Waals surface area contributed by atoms with Crippen LogP contribution in [0.15, 0.2) is 11.1 Å². The van der Waals surface area contributed by atoms with E-state index in [1.165, 1.54) is 0 Å². The highest BCUT2D eigenvalue weighted by Crippen LogP contribution is 2.62. The summed E-state index contributed by atoms with van der Waals surface area (Å²) in [6.45, 7) is 0. The number of hydrogen-bond acceptors (Lipinski definition) is 7. The number of aromatic nitrogens is 3. The van der Waals surface area contributed by atoms with Crippen LogP contribution in [0.2, 0.25) is 0 Å². The number of rotatable bonds is 1. The van der Waals surface area contributed by atoms with Gasteiger partial charge in [-0.1, -0.05) is 0 Å². The maximum absolute atomic E-state index is 14.0. The molecule has 0 aromatic carbocycles. The number of hydrogen-bond donors (Lipinski definition) is 3. The fourth-order valence-electron chi connectivity index (χ4n) is 2.21. The minimum atomic E-state index is -1.66. The first-order valence-electron chi connectivity index (χ1n) is 5.34. The molecule has 98 valence electrons. The summed E-state index contributed by atoms with van der Waals surface area (Å²) in [4.78, 5) is 18.7. The van der Waals surface area contributed by atoms with Gasteiger partial charge in [0.15, 0.2) is 6.17 Å². The molecule has 0 amide bonds. The standard InChI is InChI=1S/C9H11FN4O3S/c10-4-5(16)9(1-3(9)15)18-6(4)14-2-12-7(11)13-8(14)17/h2-6,15-16H,1H2,(H2,11,13,17)/t3?,4-,5-,6+,9?/m0/s1. The molecule has 1 aromatic heterocycles. The molecule has 3 rings (SSSR count). The molecule has 2 aliphatic rings. The maximum atomic E-state index is 14.0. The SMILES string of the molecule is Nc1ncn([C@@H]2SC3(CC3O)[C@@H](O)[C@@H]2F)c(=O)n1. The molecule has 1 saturated carbocycles. The third-order valence-corrected chi connectivity index (χ3v) is 5.20. The summed E-state index contributed by atoms with van der Waals surface area (Å²) in [5, 5.41) is 18.4. The summed E-state index contributed by atoms with van der Waals surface area (Å²) < 4.78 is 14.1. The van der Waals surface area contributed by atoms with Gasteiger partial charge in [0.05, 0.1) is 10.9 Å². The fraction of sp³-hybridized carbons (Fsp3) is 0.667. The summed E-state index contributed by atoms with van der Waals surface area (Å²) in [5.41, 5.74) is 4.53. The van der Waals surface area contributed by atoms with Gasteiger partial charge in [0.25, 0.3) is 0 Å². The predicted octanol–water partition coefficient (Wildman–Crippen LogP) is -1.33. The van der Waals surface area contributed by atoms with Crippen LogP contribution >= 0.6 is 11.8 Å². The average molecular weight is 274 g/mol. The lowest BCUT2D eigenvalue weighted by Gasteiger charge is -2.14. The zero-order valence-electron chi connectivity index (χ0n) is 9.10. The van der Waals surface area contributed by atoms with Crippen LogP contribution in [0.5, 0.6) is 0 Å². The van der Waals surface area contributed by atoms with Crippen molar-refractivity contribution in [3.8, 4) is 0 Å². The van der Waals surface area contributed by atoms with Gasteiger partial charge >= 0.3 is 5.69 Å². The molecule has 1 aliphatic carbocycles. The molecule has 7 nitrogen and oxygen atoms in total. The Labute approximate surface area is 105 Å². The van der Waals surface area contributed by atoms with E-state index in [0.29, 0.717) is 6.42 Å². The lowest BCUT2D eigenvalue weighted by atomic mass is 10.1. The molecule has 2 fully saturated rings. The second-order valence-corrected chi connectivity index (χ2v) is 5.96. The number of thioether (sulfide) groups is 1. The Morgan fingerprint density at radius 3 is 2.78 bits per heavy atom. The van der Waals surface area contributed by atoms with Gasteiger partial charge in [-0.25, -0.2) is 14.2 Å². The van der Waals surface area contributed by atoms with Crippen LogP contribution in [0.25, 0.3) is 0 Å². The van der Waals surface area contributed by atoms with Gasteiger partial charge in [0.2, 0.25) is 5.95 Å². The number of halogens is 1. The van der Waals surface area contributed by atoms with Gasteiger partial charge in [-0.15, -0.1) is 11.8 Å². The summed E-state index contributed by atoms with van der Waals surface area (Å²) in [6, 6.07) is 0. The van der Waals surface area contributed by atoms with Crippen molar-refractivity contribution in [1.82, 2.24) is 14.5 Å². The van der Waals surface area contributed by atoms with Gasteiger partial charge in [-0.3, -0.25) is 4.57 Å². The van der Waals surface area contributed by atoms with Crippen molar-refractivity contribution >= 4 is 17.7 Å². The van der Waals surface area contributed by atoms with E-state index < -0.39 is 34.2 Å². The van der Waals surface area contributed by atoms with Crippen LogP contribution in [-0.2, 0) is 0 Å². The highest BCUT2D eigenvalue weighted by molar-refractivity contribution is 8.01. The fourth-order valence-corrected chi connectivity index (χ4v) is 3.88. The van der Waals surface area contributed by atoms with Gasteiger partial charge < -0.3 is 15.9 Å². The third-order valence-electron chi connectivity index (χ3n) is 3.35. The molecule has 0 bridgehead atoms. The Bertz CT molecular complexity index is 555. The third kappa shape index (κ3) is 1.47. The van der Waals surface area contributed by atoms with Crippen LogP contribution in [0.1, 0.15) is 11.8 Å². The van der Waals surface area contributed by atoms with Crippen molar-refractivity contribution in [3.63, 3.8) is 0 Å². The van der Waals surface area contributed by atoms with E-state index in [0.717, 1.165) is 22.7 Å². The highest BCUT2D eigenvalue weighted by Gasteiger charge is 2.68. The molecule has 18 heavy (non-hydrogen) atoms. The van der Waals surface area contributed by atoms with E-state index in [9.17, 15) is 19.4 Å². The van der Waals surface area contributed by atoms with E-state index in [-0.39, 0.29) is 5.95 Å². The smallest absolute Gasteiger partial charge is 0.353 e. The van der Waals surface area contributed by atoms with Crippen molar-refractivity contribution in [2.24, 2.45) is 0 Å². The van der Waals surface area contributed by atoms with Gasteiger partial charge in [0.1, 0.15) is 17.8 Å². The Morgan fingerprint density at radius 1 is 1.61 bits per heavy atom. The Morgan fingerprint density at radius 2 is 2.28 bits per heavy atom. The molecule has 0 radical (unpaired) electrons. The minimum Gasteiger partial charge on any atom is -0.392 e. The van der Waals surface area contributed by atoms with Crippen LogP contribution < -0.4 is 11.4 Å². The number of alkyl halides is 1. The molecule has 9 heteroatoms. The van der Waals surface area contributed by atoms with E-state index in [1.807, 2.05) is 0 Å². The zero-order valence-corrected chi connectivity index (χ0v) is 9.92. The molecular weight excluding hydrogens is 263 g/mol. The van der Waals surface area contributed by atoms with Crippen LogP contribution in [-0.4, -0.2) is 47.9 Å². The lowest BCUT2D eigenvalue weighted by molar-refractivity contribution is 0.0600. The number of nitrogens with two attached hydrogens (primary N) is 1. The molecule has 2 heterocycles. The number of aliphatic hydroxyl groups is 2. The summed E-state index contributed by atoms with van der Waals surface area (Å²) in [7, 11) is 0. The molecule has 5 atom stereocenters. The van der Waals surface area contributed by atoms with Crippen molar-refractivity contribution in [3.05, 3.63) is 16.8 Å². The Balaban J connectivity index is 1.96. The molecule has 1 aromatic rings. The summed E-state index contributed by atoms with van der Waals surface area (Å²) in [6.07, 6.45) is -2.27. The quantitative estimate of drug-likeness (QED) is 0.581. The number of nitrogen functional groups attached to an aromatic ring is 1. The molecule has 2 unspecified atom stereocenters. The second-order valence-electron chi connectivity index (χ2n) is 4.48. The van der Waals surface area contributed by atoms with E-state index in [4.69, 9.17) is 5.73 Å². The van der Waals surface area contributed by atoms with Crippen molar-refractivity contribution in [2.45, 2.75) is 34.9 Å². The number of aliphatic hydroxyl groups excluding tert-OH is 2. The lowest BCUT2D eigenvalue weighted by Crippen LogP contribution is -2.34. The van der Waals surface area contributed by atoms with Crippen molar-refractivity contribution in [2.75, 3.05) is 5.73 Å². The number of anilines is 1. The van der Waals surface area contributed by atoms with Crippen LogP contribution in [0, 0.1) is 0 Å². The molecule has 4 N–H and O–H groups in total. The monoisotopic (exact) mass is 274 g/mol. The average Bonchev–Trinajstić information content (AvgIpc) is 2.90. The normalized spacial score (nSPS) is 42.4. The van der Waals surface area contributed by atoms with Gasteiger partial charge in [-0.2, -0.15) is 4.98 Å². The number of nitrogens with zero attached hydrogens (tertiary/aromatic N) is 3. The summed E-state index contributed by atoms with van der Waals surface area (Å²) >= 11 is 1.04. The first kappa shape index (κ1) is 11.9. The molecule has 1 saturated heterocycles. The van der Waals surface area contributed by atoms with E-state index >= 15 is 0 Å². The second kappa shape index (κ2) is 3.65. The molecular formula is C9H11FN4O3S. The first-order chi connectivity index (χ1) is 8.45. The van der Waals surface area contributed by atoms with Crippen molar-refractivity contribution in [1.29, 1.82) is 0 Å². The zero-order chi connectivity index (χ0) is 13.1. The van der Waals surface area contributed by atoms with E-state index in [2.05, 4.69) is 9.97 Å². The van der Waals surface area contributed by atoms with Crippen LogP contribution in [0.4, 0.5) is 10.3 Å². The highest BCUT2D eigenvalue weighted by atomic mass is 32.2. The summed E-state index contributed by atoms with van der Waals surface area (Å²) in [5.74, 6) is -0.184. The molecule has 1 spiro atoms. The Kier molecular flexibility index (Phi) is 2.41. The Hall–Kier alpha value is -1.19. The predicted molar refractivity (Wildman–Crippen MR) is 61.6 cm³/mol. The minimum absolute atomic E-state index is 0.184. The maximum Gasteiger partial charge on any atom is 0.353 e. The van der Waals surface area contributed by atoms with E-state index in [1.54, 1.807) is 0 Å². The van der Waals surface area contributed by atoms with Gasteiger partial charge in [0, 0.05) is 0 Å². The first-order valence-corrected chi connectivity index (χ1v) is 6.22. The largest absolute Gasteiger partial charge is 0.392 e. The van der Waals surface area contributed by atoms with Gasteiger partial charge in [-0.05, 0) is 6.42 Å². The van der Waals surface area contributed by atoms with Crippen molar-refractivity contribution < 1.29 is 14.6 Å². The topological polar surface area (TPSA) is 114 Å². The van der Waals surface area contributed by atoms with Crippen LogP contribution in [0.3, 0.4) is 0 Å².